The fourth-order valence-electron chi connectivity index (χ4n) is 4.33. The fourth-order valence-corrected chi connectivity index (χ4v) is 4.33. The van der Waals surface area contributed by atoms with E-state index in [2.05, 4.69) is 39.3 Å². The number of guanidine groups is 1. The maximum absolute atomic E-state index is 12.7. The molecule has 2 atom stereocenters. The summed E-state index contributed by atoms with van der Waals surface area (Å²) in [6.07, 6.45) is 1.21. The van der Waals surface area contributed by atoms with Gasteiger partial charge in [0.1, 0.15) is 0 Å². The van der Waals surface area contributed by atoms with E-state index < -0.39 is 5.41 Å². The molecule has 2 heterocycles. The van der Waals surface area contributed by atoms with Crippen molar-refractivity contribution in [2.24, 2.45) is 22.2 Å². The number of carbonyl (C=O) groups excluding carboxylic acids is 2. The number of aliphatic imine (C=N–C) groups is 1. The molecule has 0 aliphatic carbocycles. The summed E-state index contributed by atoms with van der Waals surface area (Å²) in [6.45, 7) is 14.4. The SMILES string of the molecule is CN=C(NCC(C)(C)C(=O)NC)N1CCN(CC(=O)N2CC(C)CC(C)C2)CC1.I. The van der Waals surface area contributed by atoms with Gasteiger partial charge >= 0.3 is 0 Å². The van der Waals surface area contributed by atoms with E-state index in [9.17, 15) is 9.59 Å². The standard InChI is InChI=1S/C21H40N6O2.HI/c1-16-11-17(2)13-27(12-16)18(28)14-25-7-9-26(10-8-25)20(23-6)24-15-21(3,4)19(29)22-5;/h16-17H,7-15H2,1-6H3,(H,22,29)(H,23,24);1H. The van der Waals surface area contributed by atoms with Crippen LogP contribution < -0.4 is 10.6 Å². The molecular formula is C21H41IN6O2. The van der Waals surface area contributed by atoms with E-state index in [1.54, 1.807) is 14.1 Å². The number of likely N-dealkylation sites (tertiary alicyclic amines) is 1. The molecule has 0 aromatic carbocycles. The topological polar surface area (TPSA) is 80.3 Å². The molecule has 174 valence electrons. The van der Waals surface area contributed by atoms with E-state index in [1.807, 2.05) is 18.7 Å². The molecule has 2 unspecified atom stereocenters. The second kappa shape index (κ2) is 12.1. The van der Waals surface area contributed by atoms with Crippen LogP contribution in [0.4, 0.5) is 0 Å². The average molecular weight is 537 g/mol. The molecular weight excluding hydrogens is 495 g/mol. The Balaban J connectivity index is 0.00000450. The molecule has 9 heteroatoms. The minimum Gasteiger partial charge on any atom is -0.359 e. The number of rotatable bonds is 5. The first-order chi connectivity index (χ1) is 13.7. The lowest BCUT2D eigenvalue weighted by atomic mass is 9.92. The molecule has 0 aromatic rings. The maximum Gasteiger partial charge on any atom is 0.236 e. The van der Waals surface area contributed by atoms with Crippen LogP contribution in [-0.4, -0.2) is 98.9 Å². The van der Waals surface area contributed by atoms with E-state index in [-0.39, 0.29) is 35.8 Å². The summed E-state index contributed by atoms with van der Waals surface area (Å²) >= 11 is 0. The molecule has 2 N–H and O–H groups in total. The molecule has 2 amide bonds. The Morgan fingerprint density at radius 1 is 1.03 bits per heavy atom. The van der Waals surface area contributed by atoms with E-state index >= 15 is 0 Å². The van der Waals surface area contributed by atoms with Gasteiger partial charge in [-0.2, -0.15) is 0 Å². The van der Waals surface area contributed by atoms with Crippen molar-refractivity contribution < 1.29 is 9.59 Å². The van der Waals surface area contributed by atoms with Crippen molar-refractivity contribution in [2.75, 3.05) is 66.5 Å². The largest absolute Gasteiger partial charge is 0.359 e. The average Bonchev–Trinajstić information content (AvgIpc) is 2.68. The first-order valence-corrected chi connectivity index (χ1v) is 10.8. The first-order valence-electron chi connectivity index (χ1n) is 10.8. The molecule has 30 heavy (non-hydrogen) atoms. The lowest BCUT2D eigenvalue weighted by molar-refractivity contribution is -0.135. The number of hydrogen-bond acceptors (Lipinski definition) is 4. The number of halogens is 1. The monoisotopic (exact) mass is 536 g/mol. The minimum absolute atomic E-state index is 0. The Morgan fingerprint density at radius 3 is 2.10 bits per heavy atom. The molecule has 0 spiro atoms. The molecule has 2 aliphatic heterocycles. The first kappa shape index (κ1) is 26.9. The van der Waals surface area contributed by atoms with Crippen LogP contribution in [-0.2, 0) is 9.59 Å². The summed E-state index contributed by atoms with van der Waals surface area (Å²) in [5, 5.41) is 6.04. The van der Waals surface area contributed by atoms with E-state index in [1.165, 1.54) is 6.42 Å². The van der Waals surface area contributed by atoms with Crippen LogP contribution in [0.1, 0.15) is 34.1 Å². The molecule has 0 aromatic heterocycles. The predicted octanol–water partition coefficient (Wildman–Crippen LogP) is 1.07. The molecule has 2 rings (SSSR count). The number of nitrogens with one attached hydrogen (secondary N) is 2. The summed E-state index contributed by atoms with van der Waals surface area (Å²) in [7, 11) is 3.43. The number of carbonyl (C=O) groups is 2. The van der Waals surface area contributed by atoms with Gasteiger partial charge in [-0.25, -0.2) is 0 Å². The smallest absolute Gasteiger partial charge is 0.236 e. The lowest BCUT2D eigenvalue weighted by Gasteiger charge is -2.39. The van der Waals surface area contributed by atoms with Crippen molar-refractivity contribution in [3.8, 4) is 0 Å². The van der Waals surface area contributed by atoms with Gasteiger partial charge in [0.25, 0.3) is 0 Å². The van der Waals surface area contributed by atoms with Crippen LogP contribution in [0.2, 0.25) is 0 Å². The number of hydrogen-bond donors (Lipinski definition) is 2. The Bertz CT molecular complexity index is 594. The van der Waals surface area contributed by atoms with E-state index in [4.69, 9.17) is 0 Å². The minimum atomic E-state index is -0.512. The predicted molar refractivity (Wildman–Crippen MR) is 132 cm³/mol. The number of nitrogens with zero attached hydrogens (tertiary/aromatic N) is 4. The quantitative estimate of drug-likeness (QED) is 0.312. The Morgan fingerprint density at radius 2 is 1.60 bits per heavy atom. The zero-order valence-electron chi connectivity index (χ0n) is 19.5. The zero-order valence-corrected chi connectivity index (χ0v) is 21.9. The normalized spacial score (nSPS) is 23.6. The second-order valence-corrected chi connectivity index (χ2v) is 9.37. The van der Waals surface area contributed by atoms with Gasteiger partial charge in [0, 0.05) is 59.9 Å². The number of piperazine rings is 1. The summed E-state index contributed by atoms with van der Waals surface area (Å²) in [6, 6.07) is 0. The van der Waals surface area contributed by atoms with E-state index in [0.717, 1.165) is 45.2 Å². The summed E-state index contributed by atoms with van der Waals surface area (Å²) < 4.78 is 0. The van der Waals surface area contributed by atoms with Crippen molar-refractivity contribution in [1.29, 1.82) is 0 Å². The van der Waals surface area contributed by atoms with Crippen LogP contribution in [0, 0.1) is 17.3 Å². The number of piperidine rings is 1. The maximum atomic E-state index is 12.7. The van der Waals surface area contributed by atoms with Crippen molar-refractivity contribution in [3.05, 3.63) is 0 Å². The molecule has 2 aliphatic rings. The molecule has 0 radical (unpaired) electrons. The van der Waals surface area contributed by atoms with Gasteiger partial charge in [-0.3, -0.25) is 19.5 Å². The molecule has 0 saturated carbocycles. The molecule has 2 fully saturated rings. The van der Waals surface area contributed by atoms with Gasteiger partial charge in [0.15, 0.2) is 5.96 Å². The molecule has 2 saturated heterocycles. The van der Waals surface area contributed by atoms with Crippen molar-refractivity contribution in [2.45, 2.75) is 34.1 Å². The van der Waals surface area contributed by atoms with Gasteiger partial charge in [0.2, 0.25) is 11.8 Å². The fraction of sp³-hybridized carbons (Fsp3) is 0.857. The highest BCUT2D eigenvalue weighted by atomic mass is 127. The van der Waals surface area contributed by atoms with Gasteiger partial charge in [-0.1, -0.05) is 13.8 Å². The third-order valence-electron chi connectivity index (χ3n) is 5.99. The van der Waals surface area contributed by atoms with Crippen molar-refractivity contribution in [3.63, 3.8) is 0 Å². The highest BCUT2D eigenvalue weighted by molar-refractivity contribution is 14.0. The second-order valence-electron chi connectivity index (χ2n) is 9.37. The van der Waals surface area contributed by atoms with Gasteiger partial charge in [0.05, 0.1) is 12.0 Å². The van der Waals surface area contributed by atoms with Gasteiger partial charge in [-0.05, 0) is 32.1 Å². The highest BCUT2D eigenvalue weighted by Gasteiger charge is 2.30. The zero-order chi connectivity index (χ0) is 21.6. The summed E-state index contributed by atoms with van der Waals surface area (Å²) in [5.41, 5.74) is -0.512. The van der Waals surface area contributed by atoms with Crippen molar-refractivity contribution in [1.82, 2.24) is 25.3 Å². The Labute approximate surface area is 199 Å². The summed E-state index contributed by atoms with van der Waals surface area (Å²) in [5.74, 6) is 2.25. The highest BCUT2D eigenvalue weighted by Crippen LogP contribution is 2.21. The third-order valence-corrected chi connectivity index (χ3v) is 5.99. The Kier molecular flexibility index (Phi) is 10.8. The van der Waals surface area contributed by atoms with Crippen LogP contribution in [0.3, 0.4) is 0 Å². The van der Waals surface area contributed by atoms with Gasteiger partial charge < -0.3 is 20.4 Å². The summed E-state index contributed by atoms with van der Waals surface area (Å²) in [4.78, 5) is 35.6. The Hall–Kier alpha value is -1.10. The van der Waals surface area contributed by atoms with Crippen LogP contribution >= 0.6 is 24.0 Å². The molecule has 8 nitrogen and oxygen atoms in total. The number of amides is 2. The van der Waals surface area contributed by atoms with Crippen LogP contribution in [0.15, 0.2) is 4.99 Å². The third kappa shape index (κ3) is 7.55. The van der Waals surface area contributed by atoms with Crippen LogP contribution in [0.25, 0.3) is 0 Å². The van der Waals surface area contributed by atoms with E-state index in [0.29, 0.717) is 24.9 Å². The van der Waals surface area contributed by atoms with Gasteiger partial charge in [-0.15, -0.1) is 24.0 Å². The van der Waals surface area contributed by atoms with Crippen LogP contribution in [0.5, 0.6) is 0 Å². The lowest BCUT2D eigenvalue weighted by Crippen LogP contribution is -2.56. The molecule has 0 bridgehead atoms. The van der Waals surface area contributed by atoms with Crippen molar-refractivity contribution >= 4 is 41.8 Å².